The lowest BCUT2D eigenvalue weighted by Crippen LogP contribution is -2.53. The number of amides is 4. The molecule has 51 heavy (non-hydrogen) atoms. The van der Waals surface area contributed by atoms with Crippen LogP contribution in [0.2, 0.25) is 10.0 Å². The van der Waals surface area contributed by atoms with Crippen molar-refractivity contribution < 1.29 is 43.7 Å². The van der Waals surface area contributed by atoms with Crippen LogP contribution in [0, 0.1) is 23.7 Å². The van der Waals surface area contributed by atoms with E-state index in [4.69, 9.17) is 32.7 Å². The highest BCUT2D eigenvalue weighted by atomic mass is 35.5. The Balaban J connectivity index is 1.45. The van der Waals surface area contributed by atoms with Crippen molar-refractivity contribution in [3.8, 4) is 17.2 Å². The SMILES string of the molecule is COc1ccc(C23C(=O)N(Nc4ccc(Cl)cc4Cl)C(=O)C2CC2C(=CCC4C(=O)N(CCC(=O)O)C(=O)C42)C3c2cc(OC)ccc2O)cc1. The van der Waals surface area contributed by atoms with Gasteiger partial charge in [-0.3, -0.25) is 34.3 Å². The first-order valence-corrected chi connectivity index (χ1v) is 17.1. The summed E-state index contributed by atoms with van der Waals surface area (Å²) in [6, 6.07) is 16.0. The maximum atomic E-state index is 15.3. The lowest BCUT2D eigenvalue weighted by Gasteiger charge is -2.50. The Morgan fingerprint density at radius 3 is 2.29 bits per heavy atom. The fourth-order valence-electron chi connectivity index (χ4n) is 8.57. The van der Waals surface area contributed by atoms with Gasteiger partial charge in [0.1, 0.15) is 17.2 Å². The van der Waals surface area contributed by atoms with Gasteiger partial charge in [0.25, 0.3) is 11.8 Å². The van der Waals surface area contributed by atoms with Crippen molar-refractivity contribution in [3.05, 3.63) is 93.5 Å². The molecule has 6 atom stereocenters. The Kier molecular flexibility index (Phi) is 8.71. The van der Waals surface area contributed by atoms with Crippen molar-refractivity contribution in [1.29, 1.82) is 0 Å². The summed E-state index contributed by atoms with van der Waals surface area (Å²) in [7, 11) is 2.97. The molecule has 3 N–H and O–H groups in total. The van der Waals surface area contributed by atoms with Crippen LogP contribution in [0.25, 0.3) is 0 Å². The predicted molar refractivity (Wildman–Crippen MR) is 184 cm³/mol. The average Bonchev–Trinajstić information content (AvgIpc) is 3.49. The summed E-state index contributed by atoms with van der Waals surface area (Å²) in [6.45, 7) is -0.279. The van der Waals surface area contributed by atoms with Crippen molar-refractivity contribution in [1.82, 2.24) is 9.91 Å². The molecule has 6 unspecified atom stereocenters. The molecule has 1 saturated carbocycles. The highest BCUT2D eigenvalue weighted by molar-refractivity contribution is 6.36. The van der Waals surface area contributed by atoms with Crippen LogP contribution in [0.4, 0.5) is 5.69 Å². The Bertz CT molecular complexity index is 2020. The number of nitrogens with zero attached hydrogens (tertiary/aromatic N) is 2. The van der Waals surface area contributed by atoms with Crippen LogP contribution in [0.5, 0.6) is 17.2 Å². The molecule has 2 saturated heterocycles. The zero-order valence-electron chi connectivity index (χ0n) is 27.5. The minimum absolute atomic E-state index is 0.00313. The number of carboxylic acid groups (broad SMARTS) is 1. The van der Waals surface area contributed by atoms with Crippen LogP contribution in [0.1, 0.15) is 36.3 Å². The number of aliphatic carboxylic acids is 1. The summed E-state index contributed by atoms with van der Waals surface area (Å²) >= 11 is 12.6. The number of likely N-dealkylation sites (tertiary alicyclic amines) is 1. The summed E-state index contributed by atoms with van der Waals surface area (Å²) in [5.41, 5.74) is 2.85. The number of benzene rings is 3. The van der Waals surface area contributed by atoms with Gasteiger partial charge in [-0.15, -0.1) is 0 Å². The number of halogens is 2. The molecule has 0 spiro atoms. The number of hydrazine groups is 1. The van der Waals surface area contributed by atoms with Gasteiger partial charge in [0, 0.05) is 23.0 Å². The minimum Gasteiger partial charge on any atom is -0.508 e. The van der Waals surface area contributed by atoms with E-state index in [2.05, 4.69) is 5.43 Å². The zero-order valence-corrected chi connectivity index (χ0v) is 29.0. The molecule has 0 aromatic heterocycles. The fourth-order valence-corrected chi connectivity index (χ4v) is 9.02. The predicted octanol–water partition coefficient (Wildman–Crippen LogP) is 5.18. The summed E-state index contributed by atoms with van der Waals surface area (Å²) < 4.78 is 11.0. The Morgan fingerprint density at radius 1 is 0.922 bits per heavy atom. The molecular weight excluding hydrogens is 701 g/mol. The molecule has 264 valence electrons. The molecule has 2 heterocycles. The van der Waals surface area contributed by atoms with E-state index in [1.165, 1.54) is 26.4 Å². The van der Waals surface area contributed by atoms with E-state index in [-0.39, 0.29) is 41.4 Å². The maximum Gasteiger partial charge on any atom is 0.305 e. The van der Waals surface area contributed by atoms with Crippen molar-refractivity contribution in [3.63, 3.8) is 0 Å². The van der Waals surface area contributed by atoms with Crippen LogP contribution in [0.15, 0.2) is 72.3 Å². The van der Waals surface area contributed by atoms with Crippen LogP contribution in [0.3, 0.4) is 0 Å². The minimum atomic E-state index is -1.68. The molecular formula is C37H33Cl2N3O9. The van der Waals surface area contributed by atoms with Crippen LogP contribution in [-0.2, 0) is 29.4 Å². The van der Waals surface area contributed by atoms with Crippen molar-refractivity contribution in [2.24, 2.45) is 23.7 Å². The Hall–Kier alpha value is -5.07. The third-order valence-corrected chi connectivity index (χ3v) is 11.3. The standard InChI is InChI=1S/C37H33Cl2N3O9/c1-50-20-6-3-18(4-7-20)37-26(34(47)42(36(37)49)40-28-11-5-19(38)15-27(28)39)17-24-22(32(37)25-16-21(51-2)8-12-29(25)43)9-10-23-31(24)35(48)41(33(23)46)14-13-30(44)45/h3-9,11-12,15-16,23-24,26,31-32,40,43H,10,13-14,17H2,1-2H3,(H,44,45). The Morgan fingerprint density at radius 2 is 1.63 bits per heavy atom. The topological polar surface area (TPSA) is 163 Å². The van der Waals surface area contributed by atoms with Crippen LogP contribution >= 0.6 is 23.2 Å². The number of phenols is 1. The number of methoxy groups -OCH3 is 2. The van der Waals surface area contributed by atoms with Gasteiger partial charge in [-0.1, -0.05) is 47.0 Å². The van der Waals surface area contributed by atoms with E-state index < -0.39 is 71.0 Å². The molecule has 4 aliphatic rings. The monoisotopic (exact) mass is 733 g/mol. The number of allylic oxidation sites excluding steroid dienone is 2. The lowest BCUT2D eigenvalue weighted by molar-refractivity contribution is -0.143. The second-order valence-corrected chi connectivity index (χ2v) is 14.0. The van der Waals surface area contributed by atoms with E-state index in [1.807, 2.05) is 6.08 Å². The number of carboxylic acids is 1. The summed E-state index contributed by atoms with van der Waals surface area (Å²) in [5.74, 6) is -7.17. The number of phenolic OH excluding ortho intramolecular Hbond substituents is 1. The van der Waals surface area contributed by atoms with E-state index >= 15 is 4.79 Å². The highest BCUT2D eigenvalue weighted by Crippen LogP contribution is 2.65. The van der Waals surface area contributed by atoms with Gasteiger partial charge in [0.05, 0.1) is 54.5 Å². The second kappa shape index (κ2) is 12.9. The number of imide groups is 2. The summed E-state index contributed by atoms with van der Waals surface area (Å²) in [5, 5.41) is 22.3. The molecule has 3 fully saturated rings. The zero-order chi connectivity index (χ0) is 36.4. The number of fused-ring (bicyclic) bond motifs is 4. The van der Waals surface area contributed by atoms with Gasteiger partial charge in [0.2, 0.25) is 11.8 Å². The van der Waals surface area contributed by atoms with E-state index in [9.17, 15) is 29.4 Å². The number of carbonyl (C=O) groups excluding carboxylic acids is 4. The second-order valence-electron chi connectivity index (χ2n) is 13.1. The van der Waals surface area contributed by atoms with E-state index in [0.29, 0.717) is 27.7 Å². The molecule has 0 bridgehead atoms. The molecule has 3 aromatic rings. The van der Waals surface area contributed by atoms with E-state index in [1.54, 1.807) is 48.5 Å². The molecule has 2 aliphatic carbocycles. The smallest absolute Gasteiger partial charge is 0.305 e. The fraction of sp³-hybridized carbons (Fsp3) is 0.324. The number of anilines is 1. The highest BCUT2D eigenvalue weighted by Gasteiger charge is 2.70. The third kappa shape index (κ3) is 5.31. The first-order chi connectivity index (χ1) is 24.4. The van der Waals surface area contributed by atoms with Crippen molar-refractivity contribution in [2.45, 2.75) is 30.6 Å². The van der Waals surface area contributed by atoms with E-state index in [0.717, 1.165) is 9.91 Å². The van der Waals surface area contributed by atoms with Crippen LogP contribution < -0.4 is 14.9 Å². The summed E-state index contributed by atoms with van der Waals surface area (Å²) in [4.78, 5) is 70.1. The normalized spacial score (nSPS) is 26.7. The van der Waals surface area contributed by atoms with Gasteiger partial charge in [0.15, 0.2) is 0 Å². The molecule has 12 nitrogen and oxygen atoms in total. The van der Waals surface area contributed by atoms with Crippen molar-refractivity contribution in [2.75, 3.05) is 26.2 Å². The first-order valence-electron chi connectivity index (χ1n) is 16.3. The number of nitrogens with one attached hydrogen (secondary N) is 1. The van der Waals surface area contributed by atoms with Crippen molar-refractivity contribution >= 4 is 58.5 Å². The number of ether oxygens (including phenoxy) is 2. The van der Waals surface area contributed by atoms with Crippen LogP contribution in [-0.4, -0.2) is 70.5 Å². The third-order valence-electron chi connectivity index (χ3n) is 10.8. The first kappa shape index (κ1) is 34.4. The number of hydrogen-bond acceptors (Lipinski definition) is 9. The molecule has 4 amide bonds. The maximum absolute atomic E-state index is 15.3. The van der Waals surface area contributed by atoms with Gasteiger partial charge in [-0.2, -0.15) is 5.01 Å². The largest absolute Gasteiger partial charge is 0.508 e. The van der Waals surface area contributed by atoms with Gasteiger partial charge >= 0.3 is 5.97 Å². The van der Waals surface area contributed by atoms with Gasteiger partial charge in [-0.25, -0.2) is 0 Å². The van der Waals surface area contributed by atoms with Gasteiger partial charge in [-0.05, 0) is 72.9 Å². The van der Waals surface area contributed by atoms with Gasteiger partial charge < -0.3 is 19.7 Å². The Labute approximate surface area is 302 Å². The molecule has 0 radical (unpaired) electrons. The molecule has 2 aliphatic heterocycles. The molecule has 7 rings (SSSR count). The lowest BCUT2D eigenvalue weighted by atomic mass is 9.49. The molecule has 14 heteroatoms. The summed E-state index contributed by atoms with van der Waals surface area (Å²) in [6.07, 6.45) is 1.57. The molecule has 3 aromatic carbocycles. The number of aromatic hydroxyl groups is 1. The number of rotatable bonds is 9. The average molecular weight is 735 g/mol. The number of carbonyl (C=O) groups is 5. The number of hydrogen-bond donors (Lipinski definition) is 3. The quantitative estimate of drug-likeness (QED) is 0.197.